The van der Waals surface area contributed by atoms with Gasteiger partial charge in [-0.15, -0.1) is 6.58 Å². The lowest BCUT2D eigenvalue weighted by molar-refractivity contribution is 0.0178. The summed E-state index contributed by atoms with van der Waals surface area (Å²) in [4.78, 5) is 2.41. The molecule has 2 rings (SSSR count). The summed E-state index contributed by atoms with van der Waals surface area (Å²) in [5.74, 6) is 0. The molecular weight excluding hydrogens is 180 g/mol. The predicted molar refractivity (Wildman–Crippen MR) is 54.1 cm³/mol. The third kappa shape index (κ3) is 2.15. The van der Waals surface area contributed by atoms with Crippen molar-refractivity contribution in [2.45, 2.75) is 12.1 Å². The summed E-state index contributed by atoms with van der Waals surface area (Å²) in [7, 11) is 0. The van der Waals surface area contributed by atoms with Gasteiger partial charge in [0.25, 0.3) is 0 Å². The van der Waals surface area contributed by atoms with Gasteiger partial charge < -0.3 is 14.8 Å². The van der Waals surface area contributed by atoms with E-state index < -0.39 is 0 Å². The monoisotopic (exact) mass is 198 g/mol. The fourth-order valence-corrected chi connectivity index (χ4v) is 2.06. The lowest BCUT2D eigenvalue weighted by atomic mass is 10.1. The summed E-state index contributed by atoms with van der Waals surface area (Å²) in [6, 6.07) is 0.305. The van der Waals surface area contributed by atoms with Crippen molar-refractivity contribution in [1.82, 2.24) is 10.2 Å². The molecule has 2 aliphatic rings. The third-order valence-electron chi connectivity index (χ3n) is 2.84. The molecule has 4 nitrogen and oxygen atoms in total. The van der Waals surface area contributed by atoms with Crippen LogP contribution in [0.5, 0.6) is 0 Å². The Balaban J connectivity index is 1.92. The number of hydrogen-bond donors (Lipinski definition) is 1. The van der Waals surface area contributed by atoms with E-state index in [4.69, 9.17) is 9.47 Å². The highest BCUT2D eigenvalue weighted by atomic mass is 16.7. The lowest BCUT2D eigenvalue weighted by Gasteiger charge is -2.35. The Morgan fingerprint density at radius 3 is 2.79 bits per heavy atom. The minimum absolute atomic E-state index is 0.172. The first kappa shape index (κ1) is 10.1. The molecule has 2 fully saturated rings. The molecule has 0 aromatic heterocycles. The molecule has 0 amide bonds. The van der Waals surface area contributed by atoms with Crippen LogP contribution in [0.2, 0.25) is 0 Å². The van der Waals surface area contributed by atoms with Gasteiger partial charge in [0.05, 0.1) is 12.6 Å². The second-order valence-corrected chi connectivity index (χ2v) is 3.71. The summed E-state index contributed by atoms with van der Waals surface area (Å²) in [6.07, 6.45) is 2.15. The van der Waals surface area contributed by atoms with Crippen LogP contribution in [0.1, 0.15) is 0 Å². The standard InChI is InChI=1S/C10H18N2O2/c1-2-9(10-7-13-8-14-10)12-5-3-11-4-6-12/h2,9-11H,1,3-8H2. The summed E-state index contributed by atoms with van der Waals surface area (Å²) < 4.78 is 10.7. The molecule has 4 heteroatoms. The highest BCUT2D eigenvalue weighted by Crippen LogP contribution is 2.15. The molecule has 2 atom stereocenters. The minimum Gasteiger partial charge on any atom is -0.353 e. The van der Waals surface area contributed by atoms with Crippen LogP contribution >= 0.6 is 0 Å². The van der Waals surface area contributed by atoms with Gasteiger partial charge in [-0.05, 0) is 0 Å². The molecule has 1 N–H and O–H groups in total. The molecule has 2 heterocycles. The smallest absolute Gasteiger partial charge is 0.147 e. The van der Waals surface area contributed by atoms with Crippen molar-refractivity contribution in [2.24, 2.45) is 0 Å². The van der Waals surface area contributed by atoms with Crippen molar-refractivity contribution in [3.05, 3.63) is 12.7 Å². The number of ether oxygens (including phenoxy) is 2. The van der Waals surface area contributed by atoms with E-state index in [9.17, 15) is 0 Å². The van der Waals surface area contributed by atoms with Crippen LogP contribution in [0.15, 0.2) is 12.7 Å². The van der Waals surface area contributed by atoms with Crippen LogP contribution in [0.3, 0.4) is 0 Å². The van der Waals surface area contributed by atoms with E-state index >= 15 is 0 Å². The summed E-state index contributed by atoms with van der Waals surface area (Å²) >= 11 is 0. The van der Waals surface area contributed by atoms with Crippen molar-refractivity contribution in [2.75, 3.05) is 39.6 Å². The maximum Gasteiger partial charge on any atom is 0.147 e. The van der Waals surface area contributed by atoms with E-state index in [0.29, 0.717) is 19.4 Å². The minimum atomic E-state index is 0.172. The lowest BCUT2D eigenvalue weighted by Crippen LogP contribution is -2.52. The Morgan fingerprint density at radius 2 is 2.21 bits per heavy atom. The van der Waals surface area contributed by atoms with E-state index in [2.05, 4.69) is 16.8 Å². The van der Waals surface area contributed by atoms with Gasteiger partial charge in [0.15, 0.2) is 0 Å². The van der Waals surface area contributed by atoms with Crippen LogP contribution in [0, 0.1) is 0 Å². The van der Waals surface area contributed by atoms with Crippen LogP contribution < -0.4 is 5.32 Å². The molecule has 2 unspecified atom stereocenters. The molecule has 2 saturated heterocycles. The zero-order valence-electron chi connectivity index (χ0n) is 8.45. The van der Waals surface area contributed by atoms with Gasteiger partial charge >= 0.3 is 0 Å². The average molecular weight is 198 g/mol. The highest BCUT2D eigenvalue weighted by molar-refractivity contribution is 4.96. The van der Waals surface area contributed by atoms with E-state index in [1.807, 2.05) is 6.08 Å². The van der Waals surface area contributed by atoms with Crippen LogP contribution in [0.4, 0.5) is 0 Å². The molecule has 0 saturated carbocycles. The van der Waals surface area contributed by atoms with Crippen molar-refractivity contribution in [3.63, 3.8) is 0 Å². The second kappa shape index (κ2) is 4.89. The van der Waals surface area contributed by atoms with Crippen molar-refractivity contribution in [1.29, 1.82) is 0 Å². The van der Waals surface area contributed by atoms with Gasteiger partial charge in [-0.2, -0.15) is 0 Å². The largest absolute Gasteiger partial charge is 0.353 e. The Labute approximate surface area is 84.9 Å². The van der Waals surface area contributed by atoms with Crippen molar-refractivity contribution < 1.29 is 9.47 Å². The fraction of sp³-hybridized carbons (Fsp3) is 0.800. The van der Waals surface area contributed by atoms with E-state index in [1.165, 1.54) is 0 Å². The molecule has 0 aliphatic carbocycles. The fourth-order valence-electron chi connectivity index (χ4n) is 2.06. The maximum absolute atomic E-state index is 5.50. The van der Waals surface area contributed by atoms with Crippen molar-refractivity contribution in [3.8, 4) is 0 Å². The van der Waals surface area contributed by atoms with Gasteiger partial charge in [0.2, 0.25) is 0 Å². The molecular formula is C10H18N2O2. The van der Waals surface area contributed by atoms with E-state index in [-0.39, 0.29) is 6.10 Å². The molecule has 80 valence electrons. The SMILES string of the molecule is C=CC(C1COCO1)N1CCNCC1. The molecule has 0 bridgehead atoms. The van der Waals surface area contributed by atoms with Crippen LogP contribution in [-0.2, 0) is 9.47 Å². The van der Waals surface area contributed by atoms with Crippen LogP contribution in [0.25, 0.3) is 0 Å². The first-order chi connectivity index (χ1) is 6.92. The zero-order valence-corrected chi connectivity index (χ0v) is 8.45. The van der Waals surface area contributed by atoms with Gasteiger partial charge in [0, 0.05) is 26.2 Å². The van der Waals surface area contributed by atoms with Gasteiger partial charge in [-0.25, -0.2) is 0 Å². The zero-order chi connectivity index (χ0) is 9.80. The highest BCUT2D eigenvalue weighted by Gasteiger charge is 2.29. The number of rotatable bonds is 3. The first-order valence-electron chi connectivity index (χ1n) is 5.18. The van der Waals surface area contributed by atoms with Gasteiger partial charge in [-0.3, -0.25) is 4.90 Å². The number of piperazine rings is 1. The Hall–Kier alpha value is -0.420. The van der Waals surface area contributed by atoms with Gasteiger partial charge in [-0.1, -0.05) is 6.08 Å². The average Bonchev–Trinajstić information content (AvgIpc) is 2.74. The van der Waals surface area contributed by atoms with Crippen LogP contribution in [-0.4, -0.2) is 56.6 Å². The number of nitrogens with zero attached hydrogens (tertiary/aromatic N) is 1. The van der Waals surface area contributed by atoms with Gasteiger partial charge in [0.1, 0.15) is 12.9 Å². The normalized spacial score (nSPS) is 31.6. The van der Waals surface area contributed by atoms with E-state index in [0.717, 1.165) is 26.2 Å². The number of nitrogens with one attached hydrogen (secondary N) is 1. The van der Waals surface area contributed by atoms with E-state index in [1.54, 1.807) is 0 Å². The molecule has 0 radical (unpaired) electrons. The summed E-state index contributed by atoms with van der Waals surface area (Å²) in [5.41, 5.74) is 0. The summed E-state index contributed by atoms with van der Waals surface area (Å²) in [6.45, 7) is 9.25. The topological polar surface area (TPSA) is 33.7 Å². The third-order valence-corrected chi connectivity index (χ3v) is 2.84. The molecule has 0 aromatic rings. The predicted octanol–water partition coefficient (Wildman–Crippen LogP) is -0.181. The molecule has 0 aromatic carbocycles. The number of hydrogen-bond acceptors (Lipinski definition) is 4. The first-order valence-corrected chi connectivity index (χ1v) is 5.18. The maximum atomic E-state index is 5.50. The molecule has 2 aliphatic heterocycles. The van der Waals surface area contributed by atoms with Crippen molar-refractivity contribution >= 4 is 0 Å². The quantitative estimate of drug-likeness (QED) is 0.638. The molecule has 14 heavy (non-hydrogen) atoms. The Bertz CT molecular complexity index is 187. The second-order valence-electron chi connectivity index (χ2n) is 3.71. The molecule has 0 spiro atoms. The Morgan fingerprint density at radius 1 is 1.43 bits per heavy atom. The Kier molecular flexibility index (Phi) is 3.53. The summed E-state index contributed by atoms with van der Waals surface area (Å²) in [5, 5.41) is 3.34.